The molecular formula is C26H35NO3. The number of fused-ring (bicyclic) bond motifs is 5. The largest absolute Gasteiger partial charge is 0.481 e. The molecule has 2 N–H and O–H groups in total. The van der Waals surface area contributed by atoms with Crippen molar-refractivity contribution in [3.8, 4) is 0 Å². The Balaban J connectivity index is 1.54. The smallest absolute Gasteiger partial charge is 0.314 e. The van der Waals surface area contributed by atoms with Crippen LogP contribution in [0.2, 0.25) is 0 Å². The van der Waals surface area contributed by atoms with Gasteiger partial charge in [0.2, 0.25) is 0 Å². The maximum Gasteiger partial charge on any atom is 0.314 e. The first-order valence-electron chi connectivity index (χ1n) is 11.9. The van der Waals surface area contributed by atoms with Gasteiger partial charge in [-0.25, -0.2) is 0 Å². The van der Waals surface area contributed by atoms with Gasteiger partial charge in [-0.3, -0.25) is 9.59 Å². The fraction of sp³-hybridized carbons (Fsp3) is 0.692. The number of aliphatic carboxylic acids is 1. The molecule has 5 rings (SSSR count). The normalized spacial score (nSPS) is 47.4. The van der Waals surface area contributed by atoms with Gasteiger partial charge in [-0.15, -0.1) is 0 Å². The third kappa shape index (κ3) is 2.85. The molecule has 1 aliphatic heterocycles. The molecule has 0 saturated heterocycles. The molecule has 0 aromatic rings. The van der Waals surface area contributed by atoms with Crippen LogP contribution in [0.1, 0.15) is 65.2 Å². The second-order valence-electron chi connectivity index (χ2n) is 11.1. The number of hydrogen-bond acceptors (Lipinski definition) is 3. The van der Waals surface area contributed by atoms with E-state index in [0.29, 0.717) is 23.7 Å². The summed E-state index contributed by atoms with van der Waals surface area (Å²) in [5, 5.41) is 13.3. The minimum Gasteiger partial charge on any atom is -0.481 e. The quantitative estimate of drug-likeness (QED) is 0.624. The summed E-state index contributed by atoms with van der Waals surface area (Å²) in [6.45, 7) is 4.84. The molecule has 0 aromatic carbocycles. The number of allylic oxidation sites excluding steroid dienone is 5. The van der Waals surface area contributed by atoms with Gasteiger partial charge in [-0.05, 0) is 91.6 Å². The van der Waals surface area contributed by atoms with Crippen LogP contribution >= 0.6 is 0 Å². The highest BCUT2D eigenvalue weighted by atomic mass is 16.4. The van der Waals surface area contributed by atoms with Gasteiger partial charge in [-0.2, -0.15) is 0 Å². The molecule has 1 heterocycles. The van der Waals surface area contributed by atoms with Crippen molar-refractivity contribution in [2.45, 2.75) is 65.2 Å². The molecule has 4 saturated carbocycles. The standard InChI is InChI=1S/C26H35NO3/c1-25-12-6-7-18(25)16-9-10-20-22(21-8-4-3-5-14-27-21)23(28)17(24(29)30)15-26(20,2)19(16)11-13-25/h3-5,8,14,16-20,22,27H,6-7,9-13,15H2,1-2H3,(H,29,30)/t16-,17?,18-,19-,20-,22?,25-,26+/m0/s1. The number of carbonyl (C=O) groups excluding carboxylic acids is 1. The molecule has 4 nitrogen and oxygen atoms in total. The summed E-state index contributed by atoms with van der Waals surface area (Å²) in [5.41, 5.74) is 1.28. The Hall–Kier alpha value is -1.84. The third-order valence-corrected chi connectivity index (χ3v) is 9.90. The number of ketones is 1. The summed E-state index contributed by atoms with van der Waals surface area (Å²) in [4.78, 5) is 25.6. The van der Waals surface area contributed by atoms with E-state index in [1.165, 1.54) is 38.5 Å². The van der Waals surface area contributed by atoms with Crippen LogP contribution in [0.4, 0.5) is 0 Å². The van der Waals surface area contributed by atoms with Crippen LogP contribution in [0.15, 0.2) is 36.2 Å². The first kappa shape index (κ1) is 20.1. The first-order valence-corrected chi connectivity index (χ1v) is 11.9. The second kappa shape index (κ2) is 7.10. The third-order valence-electron chi connectivity index (χ3n) is 9.90. The highest BCUT2D eigenvalue weighted by Crippen LogP contribution is 2.67. The van der Waals surface area contributed by atoms with Crippen LogP contribution in [0.25, 0.3) is 0 Å². The number of carbonyl (C=O) groups is 2. The average Bonchev–Trinajstić information content (AvgIpc) is 2.92. The number of carboxylic acid groups (broad SMARTS) is 1. The molecule has 0 bridgehead atoms. The first-order chi connectivity index (χ1) is 14.3. The average molecular weight is 410 g/mol. The van der Waals surface area contributed by atoms with Crippen LogP contribution in [-0.4, -0.2) is 16.9 Å². The lowest BCUT2D eigenvalue weighted by molar-refractivity contribution is -0.167. The Morgan fingerprint density at radius 3 is 2.67 bits per heavy atom. The van der Waals surface area contributed by atoms with Gasteiger partial charge < -0.3 is 10.4 Å². The molecule has 0 amide bonds. The molecule has 0 radical (unpaired) electrons. The Kier molecular flexibility index (Phi) is 4.75. The van der Waals surface area contributed by atoms with Crippen molar-refractivity contribution < 1.29 is 14.7 Å². The predicted octanol–water partition coefficient (Wildman–Crippen LogP) is 5.08. The van der Waals surface area contributed by atoms with Gasteiger partial charge in [0.15, 0.2) is 5.78 Å². The fourth-order valence-corrected chi connectivity index (χ4v) is 8.53. The van der Waals surface area contributed by atoms with Gasteiger partial charge >= 0.3 is 5.97 Å². The zero-order valence-electron chi connectivity index (χ0n) is 18.3. The maximum atomic E-state index is 13.5. The van der Waals surface area contributed by atoms with Gasteiger partial charge in [0, 0.05) is 11.9 Å². The summed E-state index contributed by atoms with van der Waals surface area (Å²) in [6, 6.07) is 0. The van der Waals surface area contributed by atoms with Crippen LogP contribution < -0.4 is 5.32 Å². The van der Waals surface area contributed by atoms with Crippen LogP contribution in [0.5, 0.6) is 0 Å². The SMILES string of the molecule is C[C@@]12CCC[C@H]1[C@@H]1CC[C@H]3C(C4=CC=CC=CN4)C(=O)C(C(=O)O)C[C@]3(C)[C@H]1CC2. The highest BCUT2D eigenvalue weighted by Gasteiger charge is 2.62. The molecule has 162 valence electrons. The van der Waals surface area contributed by atoms with E-state index in [4.69, 9.17) is 0 Å². The Bertz CT molecular complexity index is 841. The molecule has 0 aromatic heterocycles. The second-order valence-corrected chi connectivity index (χ2v) is 11.1. The zero-order chi connectivity index (χ0) is 21.1. The molecule has 30 heavy (non-hydrogen) atoms. The van der Waals surface area contributed by atoms with E-state index in [-0.39, 0.29) is 23.0 Å². The van der Waals surface area contributed by atoms with E-state index >= 15 is 0 Å². The van der Waals surface area contributed by atoms with Crippen molar-refractivity contribution in [3.63, 3.8) is 0 Å². The van der Waals surface area contributed by atoms with Crippen molar-refractivity contribution in [2.75, 3.05) is 0 Å². The summed E-state index contributed by atoms with van der Waals surface area (Å²) >= 11 is 0. The van der Waals surface area contributed by atoms with E-state index in [1.807, 2.05) is 30.5 Å². The number of Topliss-reactive ketones (excluding diaryl/α,β-unsaturated/α-hetero) is 1. The molecule has 8 atom stereocenters. The highest BCUT2D eigenvalue weighted by molar-refractivity contribution is 6.01. The molecular weight excluding hydrogens is 374 g/mol. The lowest BCUT2D eigenvalue weighted by Gasteiger charge is -2.61. The van der Waals surface area contributed by atoms with Crippen molar-refractivity contribution in [3.05, 3.63) is 36.2 Å². The van der Waals surface area contributed by atoms with Crippen LogP contribution in [0, 0.1) is 46.3 Å². The van der Waals surface area contributed by atoms with Gasteiger partial charge in [0.1, 0.15) is 5.92 Å². The summed E-state index contributed by atoms with van der Waals surface area (Å²) in [5.74, 6) is 0.0108. The summed E-state index contributed by atoms with van der Waals surface area (Å²) in [7, 11) is 0. The Morgan fingerprint density at radius 2 is 1.87 bits per heavy atom. The van der Waals surface area contributed by atoms with E-state index < -0.39 is 11.9 Å². The fourth-order valence-electron chi connectivity index (χ4n) is 8.53. The Labute approximate surface area is 179 Å². The van der Waals surface area contributed by atoms with Crippen molar-refractivity contribution in [1.29, 1.82) is 0 Å². The monoisotopic (exact) mass is 409 g/mol. The molecule has 4 heteroatoms. The minimum absolute atomic E-state index is 0.0866. The van der Waals surface area contributed by atoms with Gasteiger partial charge in [0.05, 0.1) is 5.92 Å². The topological polar surface area (TPSA) is 66.4 Å². The summed E-state index contributed by atoms with van der Waals surface area (Å²) < 4.78 is 0. The number of hydrogen-bond donors (Lipinski definition) is 2. The number of rotatable bonds is 2. The van der Waals surface area contributed by atoms with E-state index in [9.17, 15) is 14.7 Å². The lowest BCUT2D eigenvalue weighted by atomic mass is 9.42. The van der Waals surface area contributed by atoms with Gasteiger partial charge in [0.25, 0.3) is 0 Å². The van der Waals surface area contributed by atoms with Crippen LogP contribution in [0.3, 0.4) is 0 Å². The molecule has 5 aliphatic rings. The predicted molar refractivity (Wildman–Crippen MR) is 116 cm³/mol. The van der Waals surface area contributed by atoms with Crippen molar-refractivity contribution >= 4 is 11.8 Å². The molecule has 4 aliphatic carbocycles. The van der Waals surface area contributed by atoms with Crippen molar-refractivity contribution in [1.82, 2.24) is 5.32 Å². The van der Waals surface area contributed by atoms with Gasteiger partial charge in [-0.1, -0.05) is 32.4 Å². The molecule has 2 unspecified atom stereocenters. The number of carboxylic acids is 1. The molecule has 4 fully saturated rings. The van der Waals surface area contributed by atoms with Crippen LogP contribution in [-0.2, 0) is 9.59 Å². The minimum atomic E-state index is -0.936. The van der Waals surface area contributed by atoms with E-state index in [1.54, 1.807) is 0 Å². The molecule has 0 spiro atoms. The maximum absolute atomic E-state index is 13.5. The number of nitrogens with one attached hydrogen (secondary N) is 1. The van der Waals surface area contributed by atoms with E-state index in [2.05, 4.69) is 19.2 Å². The summed E-state index contributed by atoms with van der Waals surface area (Å²) in [6.07, 6.45) is 18.9. The lowest BCUT2D eigenvalue weighted by Crippen LogP contribution is -2.59. The van der Waals surface area contributed by atoms with Crippen molar-refractivity contribution in [2.24, 2.45) is 46.3 Å². The Morgan fingerprint density at radius 1 is 1.03 bits per heavy atom. The van der Waals surface area contributed by atoms with E-state index in [0.717, 1.165) is 18.0 Å². The zero-order valence-corrected chi connectivity index (χ0v) is 18.3.